The number of aliphatic hydroxyl groups excluding tert-OH is 1. The van der Waals surface area contributed by atoms with Gasteiger partial charge in [0.1, 0.15) is 7.67 Å². The summed E-state index contributed by atoms with van der Waals surface area (Å²) in [5, 5.41) is 10.8. The van der Waals surface area contributed by atoms with Crippen molar-refractivity contribution in [1.29, 1.82) is 0 Å². The monoisotopic (exact) mass is 767 g/mol. The fraction of sp³-hybridized carbons (Fsp3) is 0.472. The molecule has 0 saturated carbocycles. The molecule has 2 aromatic heterocycles. The molecule has 4 nitrogen and oxygen atoms in total. The van der Waals surface area contributed by atoms with Crippen LogP contribution in [0, 0.1) is 37.2 Å². The van der Waals surface area contributed by atoms with Crippen LogP contribution in [0.2, 0.25) is 0 Å². The van der Waals surface area contributed by atoms with Crippen LogP contribution >= 0.6 is 11.3 Å². The van der Waals surface area contributed by atoms with E-state index in [9.17, 15) is 9.90 Å². The average Bonchev–Trinajstić information content (AvgIpc) is 3.31. The van der Waals surface area contributed by atoms with Crippen LogP contribution in [0.4, 0.5) is 0 Å². The molecule has 0 spiro atoms. The van der Waals surface area contributed by atoms with Gasteiger partial charge in [0.05, 0.1) is 11.3 Å². The molecule has 0 saturated heterocycles. The Bertz CT molecular complexity index is 1670. The van der Waals surface area contributed by atoms with Crippen molar-refractivity contribution in [3.8, 4) is 11.3 Å². The molecule has 1 N–H and O–H groups in total. The van der Waals surface area contributed by atoms with E-state index < -0.39 is 0 Å². The second kappa shape index (κ2) is 15.9. The Morgan fingerprint density at radius 3 is 2.29 bits per heavy atom. The van der Waals surface area contributed by atoms with E-state index in [1.54, 1.807) is 18.3 Å². The number of aryl methyl sites for hydroxylation is 1. The summed E-state index contributed by atoms with van der Waals surface area (Å²) in [4.78, 5) is 20.5. The van der Waals surface area contributed by atoms with E-state index in [4.69, 9.17) is 4.11 Å². The topological polar surface area (TPSA) is 63.1 Å². The summed E-state index contributed by atoms with van der Waals surface area (Å²) >= 11 is 1.60. The standard InChI is InChI=1S/C23H23N2S.C13H24O2.Ir/c1-14-8-15(2)10-17(9-14)20-22-21(25-13-24-20)18-7-6-16(11-19(18)26-22)12-23(3,4)5;1-5-10(6-2)12(14)9-13(15)11(7-3)8-4;/h6-9,11,13H,12H2,1-5H3;9-11,14H,5-8H2,1-4H3;/q-1;;/b;12-9-;/i8D,9D,13D;;. The van der Waals surface area contributed by atoms with Crippen LogP contribution in [-0.4, -0.2) is 20.9 Å². The van der Waals surface area contributed by atoms with E-state index in [1.165, 1.54) is 11.6 Å². The number of hydrogen-bond donors (Lipinski definition) is 1. The SMILES string of the molecule is CCC(CC)C(=O)/C=C(\O)C(CC)CC.[2H]c1nc(-c2[c-]c(C)c([2H])c(C)c2[2H])c2sc3cc(CC(C)(C)C)ccc3c2n1.[Ir]. The minimum Gasteiger partial charge on any atom is -0.512 e. The number of hydrogen-bond acceptors (Lipinski definition) is 5. The molecule has 6 heteroatoms. The van der Waals surface area contributed by atoms with Gasteiger partial charge < -0.3 is 5.11 Å². The van der Waals surface area contributed by atoms with Crippen molar-refractivity contribution in [2.75, 3.05) is 0 Å². The van der Waals surface area contributed by atoms with E-state index in [0.717, 1.165) is 52.4 Å². The molecule has 4 rings (SSSR count). The molecule has 42 heavy (non-hydrogen) atoms. The number of benzene rings is 2. The molecule has 4 aromatic rings. The van der Waals surface area contributed by atoms with E-state index in [0.29, 0.717) is 28.4 Å². The zero-order valence-corrected chi connectivity index (χ0v) is 29.7. The Morgan fingerprint density at radius 2 is 1.69 bits per heavy atom. The molecule has 229 valence electrons. The molecule has 0 atom stereocenters. The summed E-state index contributed by atoms with van der Waals surface area (Å²) in [5.41, 5.74) is 4.61. The molecule has 0 bridgehead atoms. The van der Waals surface area contributed by atoms with Crippen molar-refractivity contribution in [2.45, 2.75) is 94.4 Å². The van der Waals surface area contributed by atoms with Gasteiger partial charge in [0.2, 0.25) is 0 Å². The fourth-order valence-corrected chi connectivity index (χ4v) is 6.32. The van der Waals surface area contributed by atoms with Crippen LogP contribution in [0.5, 0.6) is 0 Å². The van der Waals surface area contributed by atoms with Gasteiger partial charge in [0.25, 0.3) is 0 Å². The first-order valence-corrected chi connectivity index (χ1v) is 15.6. The van der Waals surface area contributed by atoms with Crippen molar-refractivity contribution in [3.05, 3.63) is 71.2 Å². The maximum atomic E-state index is 11.7. The predicted molar refractivity (Wildman–Crippen MR) is 176 cm³/mol. The summed E-state index contributed by atoms with van der Waals surface area (Å²) in [6, 6.07) is 10.2. The summed E-state index contributed by atoms with van der Waals surface area (Å²) < 4.78 is 26.7. The van der Waals surface area contributed by atoms with E-state index in [2.05, 4.69) is 55.0 Å². The summed E-state index contributed by atoms with van der Waals surface area (Å²) in [6.07, 6.45) is 5.82. The number of aromatic nitrogens is 2. The van der Waals surface area contributed by atoms with E-state index in [-0.39, 0.29) is 61.2 Å². The van der Waals surface area contributed by atoms with Crippen LogP contribution in [0.15, 0.2) is 48.4 Å². The van der Waals surface area contributed by atoms with Crippen LogP contribution in [0.25, 0.3) is 31.6 Å². The number of aliphatic hydroxyl groups is 1. The van der Waals surface area contributed by atoms with E-state index in [1.807, 2.05) is 34.6 Å². The number of carbonyl (C=O) groups excluding carboxylic acids is 1. The average molecular weight is 767 g/mol. The fourth-order valence-electron chi connectivity index (χ4n) is 5.11. The molecule has 2 aromatic carbocycles. The minimum atomic E-state index is -0.0657. The number of nitrogens with zero attached hydrogens (tertiary/aromatic N) is 2. The molecule has 0 aliphatic carbocycles. The van der Waals surface area contributed by atoms with Crippen LogP contribution in [0.3, 0.4) is 0 Å². The number of ketones is 1. The number of fused-ring (bicyclic) bond motifs is 3. The number of allylic oxidation sites excluding steroid dienone is 2. The Kier molecular flexibility index (Phi) is 11.7. The van der Waals surface area contributed by atoms with Crippen molar-refractivity contribution in [2.24, 2.45) is 17.3 Å². The Hall–Kier alpha value is -2.40. The van der Waals surface area contributed by atoms with Crippen molar-refractivity contribution in [3.63, 3.8) is 0 Å². The number of rotatable bonds is 9. The molecule has 2 heterocycles. The molecular formula is C36H47IrN2O2S-. The maximum Gasteiger partial charge on any atom is 0.162 e. The zero-order valence-electron chi connectivity index (χ0n) is 29.5. The van der Waals surface area contributed by atoms with Crippen molar-refractivity contribution < 1.29 is 34.1 Å². The molecule has 0 unspecified atom stereocenters. The summed E-state index contributed by atoms with van der Waals surface area (Å²) in [6.45, 7) is 18.3. The van der Waals surface area contributed by atoms with Gasteiger partial charge in [0.15, 0.2) is 5.78 Å². The van der Waals surface area contributed by atoms with Gasteiger partial charge in [0, 0.05) is 58.5 Å². The third kappa shape index (κ3) is 9.30. The quantitative estimate of drug-likeness (QED) is 0.105. The smallest absolute Gasteiger partial charge is 0.162 e. The van der Waals surface area contributed by atoms with Gasteiger partial charge in [-0.1, -0.05) is 74.4 Å². The Labute approximate surface area is 274 Å². The van der Waals surface area contributed by atoms with Gasteiger partial charge in [-0.2, -0.15) is 0 Å². The van der Waals surface area contributed by atoms with Gasteiger partial charge in [-0.15, -0.1) is 46.2 Å². The van der Waals surface area contributed by atoms with Gasteiger partial charge in [-0.3, -0.25) is 9.78 Å². The predicted octanol–water partition coefficient (Wildman–Crippen LogP) is 10.4. The second-order valence-corrected chi connectivity index (χ2v) is 13.1. The molecule has 0 fully saturated rings. The summed E-state index contributed by atoms with van der Waals surface area (Å²) in [7, 11) is 0. The van der Waals surface area contributed by atoms with Gasteiger partial charge in [-0.05, 0) is 51.9 Å². The van der Waals surface area contributed by atoms with E-state index >= 15 is 0 Å². The molecule has 0 aliphatic heterocycles. The van der Waals surface area contributed by atoms with Crippen LogP contribution in [0.1, 0.15) is 95.0 Å². The number of carbonyl (C=O) groups is 1. The van der Waals surface area contributed by atoms with Gasteiger partial charge in [-0.25, -0.2) is 4.98 Å². The Morgan fingerprint density at radius 1 is 1.05 bits per heavy atom. The Balaban J connectivity index is 0.000000378. The molecule has 0 amide bonds. The minimum absolute atomic E-state index is 0. The largest absolute Gasteiger partial charge is 0.512 e. The molecule has 0 aliphatic rings. The van der Waals surface area contributed by atoms with Crippen molar-refractivity contribution >= 4 is 37.4 Å². The maximum absolute atomic E-state index is 11.7. The first-order chi connectivity index (χ1) is 20.6. The van der Waals surface area contributed by atoms with Crippen LogP contribution < -0.4 is 0 Å². The first kappa shape index (κ1) is 31.0. The third-order valence-corrected chi connectivity index (χ3v) is 8.47. The zero-order chi connectivity index (χ0) is 32.9. The van der Waals surface area contributed by atoms with Crippen LogP contribution in [-0.2, 0) is 31.3 Å². The summed E-state index contributed by atoms with van der Waals surface area (Å²) in [5.74, 6) is 0.547. The second-order valence-electron chi connectivity index (χ2n) is 12.0. The van der Waals surface area contributed by atoms with Crippen molar-refractivity contribution in [1.82, 2.24) is 9.97 Å². The molecular weight excluding hydrogens is 717 g/mol. The third-order valence-electron chi connectivity index (χ3n) is 7.32. The first-order valence-electron chi connectivity index (χ1n) is 16.3. The number of thiophene rings is 1. The normalized spacial score (nSPS) is 13.0. The van der Waals surface area contributed by atoms with Gasteiger partial charge >= 0.3 is 0 Å². The molecule has 1 radical (unpaired) electrons.